The lowest BCUT2D eigenvalue weighted by Crippen LogP contribution is -2.70. The summed E-state index contributed by atoms with van der Waals surface area (Å²) in [5, 5.41) is 20.1. The second-order valence-electron chi connectivity index (χ2n) is 12.7. The van der Waals surface area contributed by atoms with Gasteiger partial charge in [0.2, 0.25) is 5.91 Å². The van der Waals surface area contributed by atoms with Gasteiger partial charge in [0.15, 0.2) is 5.69 Å². The van der Waals surface area contributed by atoms with E-state index < -0.39 is 23.3 Å². The Morgan fingerprint density at radius 2 is 1.53 bits per heavy atom. The molecule has 4 saturated carbocycles. The average Bonchev–Trinajstić information content (AvgIpc) is 3.46. The largest absolute Gasteiger partial charge is 0.496 e. The number of aliphatic carboxylic acids is 1. The summed E-state index contributed by atoms with van der Waals surface area (Å²) in [7, 11) is 3.12. The smallest absolute Gasteiger partial charge is 0.330 e. The van der Waals surface area contributed by atoms with Crippen molar-refractivity contribution in [2.45, 2.75) is 44.1 Å². The van der Waals surface area contributed by atoms with E-state index >= 15 is 0 Å². The van der Waals surface area contributed by atoms with Crippen molar-refractivity contribution in [3.63, 3.8) is 0 Å². The lowest BCUT2D eigenvalue weighted by atomic mass is 9.48. The summed E-state index contributed by atoms with van der Waals surface area (Å²) in [4.78, 5) is 39.0. The van der Waals surface area contributed by atoms with Crippen LogP contribution in [0.2, 0.25) is 0 Å². The van der Waals surface area contributed by atoms with Crippen LogP contribution in [0.1, 0.15) is 48.2 Å². The van der Waals surface area contributed by atoms with E-state index in [0.717, 1.165) is 48.4 Å². The number of nitrogens with two attached hydrogens (primary N) is 1. The second-order valence-corrected chi connectivity index (χ2v) is 12.7. The molecule has 4 N–H and O–H groups in total. The van der Waals surface area contributed by atoms with Crippen LogP contribution < -0.4 is 20.5 Å². The SMILES string of the molecule is COc1cccc(OC)c1-c1cc(C(=O)NC2(C(=O)O)C3CC4CC(C3)CC2C4)nn1-c1ccc(CC(N)=O)c2ccccc12. The maximum atomic E-state index is 14.2. The molecule has 4 aliphatic rings. The molecule has 1 aromatic heterocycles. The lowest BCUT2D eigenvalue weighted by Gasteiger charge is -2.59. The molecule has 10 nitrogen and oxygen atoms in total. The van der Waals surface area contributed by atoms with Crippen molar-refractivity contribution in [3.8, 4) is 28.4 Å². The lowest BCUT2D eigenvalue weighted by molar-refractivity contribution is -0.163. The standard InChI is InChI=1S/C35H36N4O6/c1-44-29-8-5-9-30(45-2)32(29)28-18-26(33(41)37-35(34(42)43)22-13-19-12-20(15-22)16-23(35)14-19)38-39(28)27-11-10-21(17-31(36)40)24-6-3-4-7-25(24)27/h3-11,18-20,22-23H,12-17H2,1-2H3,(H2,36,40)(H,37,41)(H,42,43). The van der Waals surface area contributed by atoms with E-state index in [4.69, 9.17) is 20.3 Å². The quantitative estimate of drug-likeness (QED) is 0.249. The summed E-state index contributed by atoms with van der Waals surface area (Å²) in [5.74, 6) is -0.0540. The topological polar surface area (TPSA) is 146 Å². The first-order valence-corrected chi connectivity index (χ1v) is 15.4. The molecule has 4 aromatic rings. The van der Waals surface area contributed by atoms with E-state index in [1.165, 1.54) is 0 Å². The summed E-state index contributed by atoms with van der Waals surface area (Å²) < 4.78 is 13.1. The van der Waals surface area contributed by atoms with Crippen LogP contribution in [0.5, 0.6) is 11.5 Å². The molecule has 0 radical (unpaired) electrons. The van der Waals surface area contributed by atoms with Crippen LogP contribution in [-0.4, -0.2) is 52.4 Å². The number of nitrogens with one attached hydrogen (secondary N) is 1. The van der Waals surface area contributed by atoms with E-state index in [1.54, 1.807) is 37.1 Å². The van der Waals surface area contributed by atoms with Gasteiger partial charge in [0, 0.05) is 5.39 Å². The minimum absolute atomic E-state index is 0.0715. The van der Waals surface area contributed by atoms with Crippen molar-refractivity contribution >= 4 is 28.6 Å². The number of methoxy groups -OCH3 is 2. The average molecular weight is 609 g/mol. The molecular weight excluding hydrogens is 572 g/mol. The number of amides is 2. The maximum Gasteiger partial charge on any atom is 0.330 e. The van der Waals surface area contributed by atoms with E-state index in [-0.39, 0.29) is 24.0 Å². The molecule has 4 bridgehead atoms. The Bertz CT molecular complexity index is 1790. The van der Waals surface area contributed by atoms with Crippen LogP contribution >= 0.6 is 0 Å². The highest BCUT2D eigenvalue weighted by atomic mass is 16.5. The Labute approximate surface area is 260 Å². The number of carbonyl (C=O) groups excluding carboxylic acids is 2. The number of primary amides is 1. The van der Waals surface area contributed by atoms with Crippen LogP contribution in [-0.2, 0) is 16.0 Å². The molecule has 0 spiro atoms. The van der Waals surface area contributed by atoms with Crippen LogP contribution in [0.15, 0.2) is 60.7 Å². The summed E-state index contributed by atoms with van der Waals surface area (Å²) in [6.07, 6.45) is 4.52. The number of fused-ring (bicyclic) bond motifs is 1. The number of rotatable bonds is 9. The predicted molar refractivity (Wildman–Crippen MR) is 167 cm³/mol. The molecule has 232 valence electrons. The van der Waals surface area contributed by atoms with Gasteiger partial charge >= 0.3 is 5.97 Å². The number of carboxylic acid groups (broad SMARTS) is 1. The first kappa shape index (κ1) is 28.9. The minimum Gasteiger partial charge on any atom is -0.496 e. The zero-order valence-corrected chi connectivity index (χ0v) is 25.3. The third kappa shape index (κ3) is 4.62. The van der Waals surface area contributed by atoms with Crippen molar-refractivity contribution in [1.29, 1.82) is 0 Å². The zero-order valence-electron chi connectivity index (χ0n) is 25.3. The molecule has 1 heterocycles. The molecule has 0 saturated heterocycles. The van der Waals surface area contributed by atoms with Crippen LogP contribution in [0.3, 0.4) is 0 Å². The van der Waals surface area contributed by atoms with Crippen LogP contribution in [0.25, 0.3) is 27.7 Å². The molecule has 4 fully saturated rings. The van der Waals surface area contributed by atoms with Crippen molar-refractivity contribution < 1.29 is 29.0 Å². The van der Waals surface area contributed by atoms with Crippen molar-refractivity contribution in [2.75, 3.05) is 14.2 Å². The van der Waals surface area contributed by atoms with Crippen molar-refractivity contribution in [1.82, 2.24) is 15.1 Å². The molecule has 45 heavy (non-hydrogen) atoms. The second kappa shape index (κ2) is 10.9. The first-order valence-electron chi connectivity index (χ1n) is 15.4. The van der Waals surface area contributed by atoms with Gasteiger partial charge < -0.3 is 25.6 Å². The number of carboxylic acids is 1. The Hall–Kier alpha value is -4.86. The molecular formula is C35H36N4O6. The highest BCUT2D eigenvalue weighted by Gasteiger charge is 2.62. The number of hydrogen-bond acceptors (Lipinski definition) is 6. The highest BCUT2D eigenvalue weighted by Crippen LogP contribution is 2.58. The van der Waals surface area contributed by atoms with Gasteiger partial charge in [0.1, 0.15) is 17.0 Å². The van der Waals surface area contributed by atoms with Crippen LogP contribution in [0, 0.1) is 23.7 Å². The Morgan fingerprint density at radius 1 is 0.911 bits per heavy atom. The molecule has 4 aliphatic carbocycles. The number of aromatic nitrogens is 2. The van der Waals surface area contributed by atoms with E-state index in [9.17, 15) is 19.5 Å². The fourth-order valence-corrected chi connectivity index (χ4v) is 8.62. The fraction of sp³-hybridized carbons (Fsp3) is 0.371. The maximum absolute atomic E-state index is 14.2. The number of nitrogens with zero attached hydrogens (tertiary/aromatic N) is 2. The number of hydrogen-bond donors (Lipinski definition) is 3. The van der Waals surface area contributed by atoms with Gasteiger partial charge in [-0.1, -0.05) is 36.4 Å². The first-order chi connectivity index (χ1) is 21.7. The number of carbonyl (C=O) groups is 3. The van der Waals surface area contributed by atoms with Gasteiger partial charge in [-0.3, -0.25) is 9.59 Å². The number of benzene rings is 3. The number of ether oxygens (including phenoxy) is 2. The van der Waals surface area contributed by atoms with Gasteiger partial charge in [0.05, 0.1) is 37.6 Å². The van der Waals surface area contributed by atoms with E-state index in [2.05, 4.69) is 5.32 Å². The normalized spacial score (nSPS) is 24.8. The summed E-state index contributed by atoms with van der Waals surface area (Å²) in [6.45, 7) is 0. The molecule has 0 atom stereocenters. The third-order valence-corrected chi connectivity index (χ3v) is 10.3. The highest BCUT2D eigenvalue weighted by molar-refractivity contribution is 5.99. The fourth-order valence-electron chi connectivity index (χ4n) is 8.62. The molecule has 3 aromatic carbocycles. The molecule has 2 amide bonds. The van der Waals surface area contributed by atoms with Crippen molar-refractivity contribution in [3.05, 3.63) is 71.9 Å². The molecule has 10 heteroatoms. The Balaban J connectivity index is 1.39. The summed E-state index contributed by atoms with van der Waals surface area (Å²) in [6, 6.07) is 18.4. The van der Waals surface area contributed by atoms with Gasteiger partial charge in [-0.15, -0.1) is 0 Å². The monoisotopic (exact) mass is 608 g/mol. The van der Waals surface area contributed by atoms with Gasteiger partial charge in [-0.05, 0) is 91.0 Å². The van der Waals surface area contributed by atoms with Gasteiger partial charge in [0.25, 0.3) is 5.91 Å². The third-order valence-electron chi connectivity index (χ3n) is 10.3. The zero-order chi connectivity index (χ0) is 31.5. The molecule has 0 unspecified atom stereocenters. The Morgan fingerprint density at radius 3 is 2.11 bits per heavy atom. The van der Waals surface area contributed by atoms with Gasteiger partial charge in [-0.25, -0.2) is 9.48 Å². The molecule has 0 aliphatic heterocycles. The van der Waals surface area contributed by atoms with E-state index in [0.29, 0.717) is 40.3 Å². The van der Waals surface area contributed by atoms with Crippen LogP contribution in [0.4, 0.5) is 0 Å². The van der Waals surface area contributed by atoms with Gasteiger partial charge in [-0.2, -0.15) is 5.10 Å². The summed E-state index contributed by atoms with van der Waals surface area (Å²) >= 11 is 0. The molecule has 8 rings (SSSR count). The summed E-state index contributed by atoms with van der Waals surface area (Å²) in [5.41, 5.74) is 6.85. The Kier molecular flexibility index (Phi) is 7.02. The van der Waals surface area contributed by atoms with Crippen molar-refractivity contribution in [2.24, 2.45) is 29.4 Å². The van der Waals surface area contributed by atoms with E-state index in [1.807, 2.05) is 42.5 Å². The predicted octanol–water partition coefficient (Wildman–Crippen LogP) is 4.75. The minimum atomic E-state index is -1.32.